The van der Waals surface area contributed by atoms with E-state index in [4.69, 9.17) is 4.74 Å². The van der Waals surface area contributed by atoms with Crippen LogP contribution in [-0.2, 0) is 15.1 Å². The molecular formula is C21H27Br2NO3. The Hall–Kier alpha value is -0.950. The van der Waals surface area contributed by atoms with E-state index in [2.05, 4.69) is 50.6 Å². The number of carbonyl (C=O) groups excluding carboxylic acids is 1. The van der Waals surface area contributed by atoms with Crippen molar-refractivity contribution in [3.8, 4) is 0 Å². The summed E-state index contributed by atoms with van der Waals surface area (Å²) in [5.74, 6) is -0.664. The van der Waals surface area contributed by atoms with E-state index in [0.717, 1.165) is 19.5 Å². The van der Waals surface area contributed by atoms with Crippen molar-refractivity contribution < 1.29 is 14.6 Å². The average Bonchev–Trinajstić information content (AvgIpc) is 2.69. The van der Waals surface area contributed by atoms with Crippen molar-refractivity contribution in [1.82, 2.24) is 4.90 Å². The van der Waals surface area contributed by atoms with Crippen LogP contribution in [0.3, 0.4) is 0 Å². The van der Waals surface area contributed by atoms with Crippen LogP contribution in [0.5, 0.6) is 0 Å². The van der Waals surface area contributed by atoms with Gasteiger partial charge in [0.15, 0.2) is 0 Å². The number of hydrogen-bond acceptors (Lipinski definition) is 4. The standard InChI is InChI=1S/C21H27Br2NO3/c1-3-14-24(4-2)15-16-27-19(25)21(26,17-10-6-5-7-11-17)20(23)13-9-8-12-18(20)22/h5-13,18,26H,3-4,14-16H2,1-2H3/t18-,20+,21+/m0/s1. The molecule has 0 heterocycles. The molecule has 0 spiro atoms. The maximum atomic E-state index is 13.1. The average molecular weight is 501 g/mol. The molecule has 0 unspecified atom stereocenters. The van der Waals surface area contributed by atoms with Crippen LogP contribution in [0, 0.1) is 0 Å². The van der Waals surface area contributed by atoms with Crippen LogP contribution in [0.2, 0.25) is 0 Å². The molecule has 0 amide bonds. The van der Waals surface area contributed by atoms with Crippen molar-refractivity contribution in [3.63, 3.8) is 0 Å². The summed E-state index contributed by atoms with van der Waals surface area (Å²) in [6.07, 6.45) is 8.40. The molecular weight excluding hydrogens is 474 g/mol. The highest BCUT2D eigenvalue weighted by atomic mass is 79.9. The lowest BCUT2D eigenvalue weighted by Gasteiger charge is -2.43. The molecule has 1 aliphatic rings. The van der Waals surface area contributed by atoms with Crippen molar-refractivity contribution in [2.24, 2.45) is 0 Å². The van der Waals surface area contributed by atoms with Crippen LogP contribution >= 0.6 is 31.9 Å². The van der Waals surface area contributed by atoms with Crippen molar-refractivity contribution in [1.29, 1.82) is 0 Å². The Morgan fingerprint density at radius 3 is 2.56 bits per heavy atom. The lowest BCUT2D eigenvalue weighted by molar-refractivity contribution is -0.169. The van der Waals surface area contributed by atoms with Gasteiger partial charge >= 0.3 is 5.97 Å². The first-order chi connectivity index (χ1) is 12.9. The Labute approximate surface area is 178 Å². The van der Waals surface area contributed by atoms with Crippen LogP contribution in [0.4, 0.5) is 0 Å². The number of benzene rings is 1. The molecule has 1 N–H and O–H groups in total. The normalized spacial score (nSPS) is 24.0. The third kappa shape index (κ3) is 4.73. The molecule has 0 radical (unpaired) electrons. The molecule has 0 aliphatic heterocycles. The van der Waals surface area contributed by atoms with Crippen LogP contribution in [0.15, 0.2) is 54.6 Å². The van der Waals surface area contributed by atoms with E-state index in [0.29, 0.717) is 12.1 Å². The lowest BCUT2D eigenvalue weighted by atomic mass is 9.77. The summed E-state index contributed by atoms with van der Waals surface area (Å²) in [5, 5.41) is 11.7. The van der Waals surface area contributed by atoms with E-state index in [1.54, 1.807) is 30.3 Å². The second-order valence-corrected chi connectivity index (χ2v) is 8.86. The van der Waals surface area contributed by atoms with E-state index < -0.39 is 15.9 Å². The zero-order valence-corrected chi connectivity index (χ0v) is 18.9. The Balaban J connectivity index is 2.27. The SMILES string of the molecule is CCCN(CC)CCOC(=O)[C@](O)(c1ccccc1)[C@@]1(Br)C=CC=C[C@@H]1Br. The number of esters is 1. The summed E-state index contributed by atoms with van der Waals surface area (Å²) >= 11 is 7.21. The van der Waals surface area contributed by atoms with Crippen molar-refractivity contribution in [3.05, 3.63) is 60.2 Å². The first-order valence-corrected chi connectivity index (χ1v) is 11.0. The van der Waals surface area contributed by atoms with Gasteiger partial charge in [-0.25, -0.2) is 4.79 Å². The number of likely N-dealkylation sites (N-methyl/N-ethyl adjacent to an activating group) is 1. The zero-order valence-electron chi connectivity index (χ0n) is 15.8. The molecule has 1 aromatic rings. The van der Waals surface area contributed by atoms with Gasteiger partial charge in [0.2, 0.25) is 5.60 Å². The molecule has 27 heavy (non-hydrogen) atoms. The predicted octanol–water partition coefficient (Wildman–Crippen LogP) is 4.17. The van der Waals surface area contributed by atoms with Gasteiger partial charge in [0.1, 0.15) is 10.9 Å². The summed E-state index contributed by atoms with van der Waals surface area (Å²) in [6.45, 7) is 6.93. The summed E-state index contributed by atoms with van der Waals surface area (Å²) in [5.41, 5.74) is -1.40. The third-order valence-corrected chi connectivity index (χ3v) is 7.77. The number of aliphatic hydroxyl groups is 1. The first kappa shape index (κ1) is 22.3. The molecule has 1 aromatic carbocycles. The molecule has 4 nitrogen and oxygen atoms in total. The van der Waals surface area contributed by atoms with Crippen LogP contribution in [0.25, 0.3) is 0 Å². The molecule has 0 saturated carbocycles. The largest absolute Gasteiger partial charge is 0.462 e. The van der Waals surface area contributed by atoms with Gasteiger partial charge in [0.05, 0.1) is 4.83 Å². The molecule has 3 atom stereocenters. The fourth-order valence-electron chi connectivity index (χ4n) is 3.20. The van der Waals surface area contributed by atoms with Gasteiger partial charge < -0.3 is 14.7 Å². The van der Waals surface area contributed by atoms with Gasteiger partial charge in [-0.15, -0.1) is 0 Å². The molecule has 2 rings (SSSR count). The first-order valence-electron chi connectivity index (χ1n) is 9.26. The number of carbonyl (C=O) groups is 1. The number of hydrogen-bond donors (Lipinski definition) is 1. The van der Waals surface area contributed by atoms with E-state index in [-0.39, 0.29) is 11.4 Å². The summed E-state index contributed by atoms with van der Waals surface area (Å²) in [4.78, 5) is 15.1. The van der Waals surface area contributed by atoms with E-state index >= 15 is 0 Å². The molecule has 0 fully saturated rings. The van der Waals surface area contributed by atoms with Gasteiger partial charge in [-0.2, -0.15) is 0 Å². The smallest absolute Gasteiger partial charge is 0.344 e. The number of nitrogens with zero attached hydrogens (tertiary/aromatic N) is 1. The van der Waals surface area contributed by atoms with Gasteiger partial charge in [-0.3, -0.25) is 0 Å². The fraction of sp³-hybridized carbons (Fsp3) is 0.476. The lowest BCUT2D eigenvalue weighted by Crippen LogP contribution is -2.57. The van der Waals surface area contributed by atoms with Crippen molar-refractivity contribution >= 4 is 37.8 Å². The van der Waals surface area contributed by atoms with Gasteiger partial charge in [-0.05, 0) is 25.1 Å². The fourth-order valence-corrected chi connectivity index (χ4v) is 4.56. The highest BCUT2D eigenvalue weighted by molar-refractivity contribution is 9.12. The molecule has 6 heteroatoms. The molecule has 0 aromatic heterocycles. The maximum Gasteiger partial charge on any atom is 0.344 e. The zero-order chi connectivity index (χ0) is 19.9. The molecule has 148 valence electrons. The van der Waals surface area contributed by atoms with Gasteiger partial charge in [0.25, 0.3) is 0 Å². The Morgan fingerprint density at radius 1 is 1.26 bits per heavy atom. The Bertz CT molecular complexity index is 679. The summed E-state index contributed by atoms with van der Waals surface area (Å²) < 4.78 is 4.50. The molecule has 1 aliphatic carbocycles. The predicted molar refractivity (Wildman–Crippen MR) is 116 cm³/mol. The number of rotatable bonds is 9. The second-order valence-electron chi connectivity index (χ2n) is 6.56. The minimum absolute atomic E-state index is 0.234. The monoisotopic (exact) mass is 499 g/mol. The van der Waals surface area contributed by atoms with Gasteiger partial charge in [-0.1, -0.05) is 100 Å². The van der Waals surface area contributed by atoms with Crippen LogP contribution in [-0.4, -0.2) is 51.4 Å². The summed E-state index contributed by atoms with van der Waals surface area (Å²) in [7, 11) is 0. The summed E-state index contributed by atoms with van der Waals surface area (Å²) in [6, 6.07) is 8.94. The van der Waals surface area contributed by atoms with E-state index in [1.165, 1.54) is 0 Å². The van der Waals surface area contributed by atoms with Crippen LogP contribution < -0.4 is 0 Å². The van der Waals surface area contributed by atoms with Crippen molar-refractivity contribution in [2.75, 3.05) is 26.2 Å². The second kappa shape index (κ2) is 10.0. The highest BCUT2D eigenvalue weighted by Gasteiger charge is 2.58. The Morgan fingerprint density at radius 2 is 1.96 bits per heavy atom. The minimum Gasteiger partial charge on any atom is -0.462 e. The van der Waals surface area contributed by atoms with E-state index in [1.807, 2.05) is 24.3 Å². The van der Waals surface area contributed by atoms with Crippen molar-refractivity contribution in [2.45, 2.75) is 35.0 Å². The number of ether oxygens (including phenoxy) is 1. The third-order valence-electron chi connectivity index (χ3n) is 4.80. The topological polar surface area (TPSA) is 49.8 Å². The Kier molecular flexibility index (Phi) is 8.28. The molecule has 0 saturated heterocycles. The van der Waals surface area contributed by atoms with Crippen LogP contribution in [0.1, 0.15) is 25.8 Å². The number of allylic oxidation sites excluding steroid dienone is 3. The minimum atomic E-state index is -1.88. The maximum absolute atomic E-state index is 13.1. The highest BCUT2D eigenvalue weighted by Crippen LogP contribution is 2.48. The molecule has 0 bridgehead atoms. The quantitative estimate of drug-likeness (QED) is 0.408. The number of alkyl halides is 2. The number of halogens is 2. The van der Waals surface area contributed by atoms with E-state index in [9.17, 15) is 9.90 Å². The van der Waals surface area contributed by atoms with Gasteiger partial charge in [0, 0.05) is 6.54 Å².